The number of nitro benzene ring substituents is 3. The molecular weight excluding hydrogens is 436 g/mol. The molecule has 176 valence electrons. The highest BCUT2D eigenvalue weighted by atomic mass is 16.6. The topological polar surface area (TPSA) is 168 Å². The second-order valence-corrected chi connectivity index (χ2v) is 8.41. The first-order chi connectivity index (χ1) is 15.2. The largest absolute Gasteiger partial charge is 0.477 e. The molecule has 1 amide bonds. The molecular formula is C21H24N4O8. The molecule has 0 bridgehead atoms. The van der Waals surface area contributed by atoms with E-state index in [0.29, 0.717) is 17.8 Å². The third-order valence-electron chi connectivity index (χ3n) is 5.09. The molecule has 12 nitrogen and oxygen atoms in total. The first-order valence-corrected chi connectivity index (χ1v) is 9.91. The number of anilines is 1. The number of hydrogen-bond donors (Lipinski definition) is 1. The molecule has 12 heteroatoms. The van der Waals surface area contributed by atoms with E-state index in [1.165, 1.54) is 0 Å². The smallest absolute Gasteiger partial charge is 0.325 e. The molecule has 0 aliphatic carbocycles. The van der Waals surface area contributed by atoms with Crippen LogP contribution in [-0.4, -0.2) is 26.8 Å². The highest BCUT2D eigenvalue weighted by Gasteiger charge is 2.44. The Morgan fingerprint density at radius 3 is 1.82 bits per heavy atom. The molecule has 1 unspecified atom stereocenters. The van der Waals surface area contributed by atoms with Gasteiger partial charge in [0.05, 0.1) is 32.3 Å². The molecule has 0 spiro atoms. The number of aryl methyl sites for hydroxylation is 1. The number of hydrogen-bond acceptors (Lipinski definition) is 8. The molecule has 33 heavy (non-hydrogen) atoms. The molecule has 0 saturated heterocycles. The van der Waals surface area contributed by atoms with Crippen LogP contribution in [0, 0.1) is 48.6 Å². The van der Waals surface area contributed by atoms with Crippen molar-refractivity contribution in [2.75, 3.05) is 5.32 Å². The molecule has 0 radical (unpaired) electrons. The van der Waals surface area contributed by atoms with Gasteiger partial charge in [-0.3, -0.25) is 35.1 Å². The van der Waals surface area contributed by atoms with Crippen LogP contribution in [0.2, 0.25) is 0 Å². The predicted octanol–water partition coefficient (Wildman–Crippen LogP) is 4.79. The Hall–Kier alpha value is -4.09. The summed E-state index contributed by atoms with van der Waals surface area (Å²) >= 11 is 0. The second kappa shape index (κ2) is 9.59. The van der Waals surface area contributed by atoms with E-state index in [2.05, 4.69) is 5.32 Å². The number of ether oxygens (including phenoxy) is 1. The van der Waals surface area contributed by atoms with E-state index in [-0.39, 0.29) is 0 Å². The minimum atomic E-state index is -1.30. The van der Waals surface area contributed by atoms with Gasteiger partial charge in [-0.2, -0.15) is 0 Å². The van der Waals surface area contributed by atoms with Crippen molar-refractivity contribution < 1.29 is 24.3 Å². The Kier molecular flexibility index (Phi) is 7.31. The summed E-state index contributed by atoms with van der Waals surface area (Å²) in [5.74, 6) is -1.64. The van der Waals surface area contributed by atoms with Crippen LogP contribution >= 0.6 is 0 Å². The second-order valence-electron chi connectivity index (χ2n) is 8.41. The van der Waals surface area contributed by atoms with Gasteiger partial charge < -0.3 is 10.1 Å². The Morgan fingerprint density at radius 2 is 1.42 bits per heavy atom. The maximum Gasteiger partial charge on any atom is 0.325 e. The number of amides is 1. The SMILES string of the molecule is Cc1ccc(NC(=O)C(C)(C)C(Oc2c([N+](=O)[O-])cc([N+](=O)[O-])cc2[N+](=O)[O-])C(C)C)cc1. The van der Waals surface area contributed by atoms with Crippen LogP contribution in [0.5, 0.6) is 5.75 Å². The minimum absolute atomic E-state index is 0.418. The molecule has 1 N–H and O–H groups in total. The van der Waals surface area contributed by atoms with E-state index in [0.717, 1.165) is 5.56 Å². The van der Waals surface area contributed by atoms with E-state index in [9.17, 15) is 35.1 Å². The molecule has 0 aromatic heterocycles. The van der Waals surface area contributed by atoms with Gasteiger partial charge in [-0.15, -0.1) is 0 Å². The minimum Gasteiger partial charge on any atom is -0.477 e. The van der Waals surface area contributed by atoms with E-state index >= 15 is 0 Å². The van der Waals surface area contributed by atoms with E-state index in [1.54, 1.807) is 39.8 Å². The summed E-state index contributed by atoms with van der Waals surface area (Å²) in [5.41, 5.74) is -2.48. The lowest BCUT2D eigenvalue weighted by Crippen LogP contribution is -2.47. The van der Waals surface area contributed by atoms with Gasteiger partial charge in [0, 0.05) is 5.69 Å². The van der Waals surface area contributed by atoms with E-state index in [1.807, 2.05) is 19.1 Å². The Bertz CT molecular complexity index is 1060. The predicted molar refractivity (Wildman–Crippen MR) is 119 cm³/mol. The quantitative estimate of drug-likeness (QED) is 0.411. The number of nitrogens with zero attached hydrogens (tertiary/aromatic N) is 3. The van der Waals surface area contributed by atoms with Crippen molar-refractivity contribution in [3.63, 3.8) is 0 Å². The van der Waals surface area contributed by atoms with E-state index < -0.39 is 60.9 Å². The zero-order chi connectivity index (χ0) is 25.1. The van der Waals surface area contributed by atoms with Gasteiger partial charge >= 0.3 is 11.4 Å². The number of carbonyl (C=O) groups excluding carboxylic acids is 1. The molecule has 1 atom stereocenters. The average Bonchev–Trinajstić information content (AvgIpc) is 2.72. The van der Waals surface area contributed by atoms with Crippen molar-refractivity contribution in [2.45, 2.75) is 40.7 Å². The third kappa shape index (κ3) is 5.59. The number of nitrogens with one attached hydrogen (secondary N) is 1. The first kappa shape index (κ1) is 25.2. The lowest BCUT2D eigenvalue weighted by Gasteiger charge is -2.35. The zero-order valence-electron chi connectivity index (χ0n) is 18.7. The summed E-state index contributed by atoms with van der Waals surface area (Å²) in [6, 6.07) is 8.23. The molecule has 2 aromatic rings. The summed E-state index contributed by atoms with van der Waals surface area (Å²) in [5, 5.41) is 37.0. The highest BCUT2D eigenvalue weighted by molar-refractivity contribution is 5.95. The molecule has 0 aliphatic heterocycles. The van der Waals surface area contributed by atoms with Crippen LogP contribution in [0.1, 0.15) is 33.3 Å². The summed E-state index contributed by atoms with van der Waals surface area (Å²) < 4.78 is 5.77. The van der Waals surface area contributed by atoms with Gasteiger partial charge in [-0.1, -0.05) is 31.5 Å². The maximum atomic E-state index is 13.1. The van der Waals surface area contributed by atoms with E-state index in [4.69, 9.17) is 4.74 Å². The lowest BCUT2D eigenvalue weighted by molar-refractivity contribution is -0.404. The fraction of sp³-hybridized carbons (Fsp3) is 0.381. The number of benzene rings is 2. The van der Waals surface area contributed by atoms with Gasteiger partial charge in [-0.25, -0.2) is 0 Å². The van der Waals surface area contributed by atoms with Crippen LogP contribution in [0.3, 0.4) is 0 Å². The molecule has 0 saturated carbocycles. The van der Waals surface area contributed by atoms with Gasteiger partial charge in [-0.05, 0) is 38.8 Å². The van der Waals surface area contributed by atoms with Gasteiger partial charge in [0.15, 0.2) is 0 Å². The van der Waals surface area contributed by atoms with Crippen molar-refractivity contribution in [3.05, 3.63) is 72.3 Å². The summed E-state index contributed by atoms with van der Waals surface area (Å²) in [6.45, 7) is 8.36. The van der Waals surface area contributed by atoms with Gasteiger partial charge in [0.2, 0.25) is 5.91 Å². The normalized spacial score (nSPS) is 12.2. The van der Waals surface area contributed by atoms with Crippen LogP contribution in [0.4, 0.5) is 22.7 Å². The Balaban J connectivity index is 2.52. The van der Waals surface area contributed by atoms with Crippen LogP contribution < -0.4 is 10.1 Å². The van der Waals surface area contributed by atoms with Crippen molar-refractivity contribution in [1.82, 2.24) is 0 Å². The lowest BCUT2D eigenvalue weighted by atomic mass is 9.79. The van der Waals surface area contributed by atoms with Crippen molar-refractivity contribution >= 4 is 28.7 Å². The standard InChI is InChI=1S/C21H24N4O8/c1-12(2)19(21(4,5)20(26)22-14-8-6-13(3)7-9-14)33-18-16(24(29)30)10-15(23(27)28)11-17(18)25(31)32/h6-12,19H,1-5H3,(H,22,26). The molecule has 0 aliphatic rings. The fourth-order valence-electron chi connectivity index (χ4n) is 3.38. The Morgan fingerprint density at radius 1 is 0.939 bits per heavy atom. The van der Waals surface area contributed by atoms with Crippen molar-refractivity contribution in [3.8, 4) is 5.75 Å². The maximum absolute atomic E-state index is 13.1. The first-order valence-electron chi connectivity index (χ1n) is 9.91. The number of nitro groups is 3. The van der Waals surface area contributed by atoms with Crippen molar-refractivity contribution in [2.24, 2.45) is 11.3 Å². The highest BCUT2D eigenvalue weighted by Crippen LogP contribution is 2.43. The monoisotopic (exact) mass is 460 g/mol. The Labute approximate surface area is 189 Å². The molecule has 2 aromatic carbocycles. The van der Waals surface area contributed by atoms with Crippen LogP contribution in [0.25, 0.3) is 0 Å². The summed E-state index contributed by atoms with van der Waals surface area (Å²) in [4.78, 5) is 44.4. The van der Waals surface area contributed by atoms with Crippen LogP contribution in [-0.2, 0) is 4.79 Å². The number of rotatable bonds is 9. The van der Waals surface area contributed by atoms with Gasteiger partial charge in [0.1, 0.15) is 6.10 Å². The third-order valence-corrected chi connectivity index (χ3v) is 5.09. The van der Waals surface area contributed by atoms with Gasteiger partial charge in [0.25, 0.3) is 11.4 Å². The van der Waals surface area contributed by atoms with Crippen molar-refractivity contribution in [1.29, 1.82) is 0 Å². The van der Waals surface area contributed by atoms with Crippen LogP contribution in [0.15, 0.2) is 36.4 Å². The number of non-ortho nitro benzene ring substituents is 1. The zero-order valence-corrected chi connectivity index (χ0v) is 18.7. The average molecular weight is 460 g/mol. The molecule has 0 heterocycles. The summed E-state index contributed by atoms with van der Waals surface area (Å²) in [6.07, 6.45) is -1.05. The fourth-order valence-corrected chi connectivity index (χ4v) is 3.38. The number of carbonyl (C=O) groups is 1. The molecule has 2 rings (SSSR count). The summed E-state index contributed by atoms with van der Waals surface area (Å²) in [7, 11) is 0. The molecule has 0 fully saturated rings.